The Hall–Kier alpha value is -4.38. The number of aromatic nitrogens is 1. The molecule has 7 rings (SSSR count). The number of carbonyl (C=O) groups excluding carboxylic acids is 2. The first kappa shape index (κ1) is 34.5. The summed E-state index contributed by atoms with van der Waals surface area (Å²) in [4.78, 5) is 33.4. The molecule has 4 heterocycles. The molecule has 3 atom stereocenters. The lowest BCUT2D eigenvalue weighted by Crippen LogP contribution is -2.52. The molecule has 0 radical (unpaired) electrons. The van der Waals surface area contributed by atoms with E-state index in [4.69, 9.17) is 42.1 Å². The molecule has 3 aliphatic heterocycles. The molecule has 0 saturated carbocycles. The number of methoxy groups -OCH3 is 2. The Kier molecular flexibility index (Phi) is 10.9. The second kappa shape index (κ2) is 15.4. The summed E-state index contributed by atoms with van der Waals surface area (Å²) in [6, 6.07) is 17.1. The van der Waals surface area contributed by atoms with Gasteiger partial charge in [-0.1, -0.05) is 59.6 Å². The summed E-state index contributed by atoms with van der Waals surface area (Å²) in [6.07, 6.45) is 3.88. The van der Waals surface area contributed by atoms with Crippen LogP contribution < -0.4 is 14.8 Å². The van der Waals surface area contributed by atoms with E-state index in [1.54, 1.807) is 30.3 Å². The molecule has 0 aliphatic carbocycles. The lowest BCUT2D eigenvalue weighted by Gasteiger charge is -2.44. The number of halogens is 3. The molecule has 49 heavy (non-hydrogen) atoms. The van der Waals surface area contributed by atoms with Gasteiger partial charge in [0.2, 0.25) is 0 Å². The van der Waals surface area contributed by atoms with Crippen molar-refractivity contribution in [2.75, 3.05) is 39.2 Å². The number of carbonyl (C=O) groups is 2. The highest BCUT2D eigenvalue weighted by molar-refractivity contribution is 6.35. The Balaban J connectivity index is 1.23. The normalized spacial score (nSPS) is 19.4. The number of pyridine rings is 1. The maximum Gasteiger partial charge on any atom is 0.338 e. The van der Waals surface area contributed by atoms with E-state index >= 15 is 4.39 Å². The van der Waals surface area contributed by atoms with Gasteiger partial charge in [0.05, 0.1) is 35.5 Å². The van der Waals surface area contributed by atoms with Crippen molar-refractivity contribution in [2.24, 2.45) is 5.92 Å². The van der Waals surface area contributed by atoms with Crippen LogP contribution in [0, 0.1) is 11.7 Å². The van der Waals surface area contributed by atoms with Crippen LogP contribution in [0.15, 0.2) is 79.1 Å². The molecule has 2 bridgehead atoms. The van der Waals surface area contributed by atoms with Crippen molar-refractivity contribution in [2.45, 2.75) is 37.5 Å². The van der Waals surface area contributed by atoms with Crippen molar-refractivity contribution in [3.63, 3.8) is 0 Å². The minimum atomic E-state index is -0.965. The Bertz CT molecular complexity index is 1780. The van der Waals surface area contributed by atoms with Crippen LogP contribution in [-0.2, 0) is 20.7 Å². The van der Waals surface area contributed by atoms with Crippen molar-refractivity contribution < 1.29 is 32.9 Å². The summed E-state index contributed by atoms with van der Waals surface area (Å²) < 4.78 is 38.5. The van der Waals surface area contributed by atoms with Gasteiger partial charge in [0.15, 0.2) is 17.5 Å². The van der Waals surface area contributed by atoms with E-state index < -0.39 is 29.9 Å². The van der Waals surface area contributed by atoms with Crippen molar-refractivity contribution in [1.29, 1.82) is 0 Å². The third-order valence-corrected chi connectivity index (χ3v) is 9.76. The van der Waals surface area contributed by atoms with Crippen LogP contribution in [0.4, 0.5) is 10.1 Å². The van der Waals surface area contributed by atoms with Gasteiger partial charge >= 0.3 is 11.9 Å². The van der Waals surface area contributed by atoms with Crippen LogP contribution in [0.25, 0.3) is 0 Å². The average molecular weight is 709 g/mol. The van der Waals surface area contributed by atoms with Crippen molar-refractivity contribution in [3.05, 3.63) is 117 Å². The van der Waals surface area contributed by atoms with Crippen LogP contribution in [0.1, 0.15) is 52.0 Å². The lowest BCUT2D eigenvalue weighted by molar-refractivity contribution is -0.159. The summed E-state index contributed by atoms with van der Waals surface area (Å²) in [6.45, 7) is 2.73. The SMILES string of the molecule is COc1ccc([C@H](Cc2c(Cl)cncc2Cl)OC(=O)c2ccc(NC(C(=O)O[C@H]3CN4CCC3CC4)c3ccccc3)c(F)c2)cc1OC. The number of ether oxygens (including phenoxy) is 4. The van der Waals surface area contributed by atoms with E-state index in [9.17, 15) is 9.59 Å². The Morgan fingerprint density at radius 2 is 1.65 bits per heavy atom. The van der Waals surface area contributed by atoms with Gasteiger partial charge in [0.25, 0.3) is 0 Å². The predicted octanol–water partition coefficient (Wildman–Crippen LogP) is 7.48. The Morgan fingerprint density at radius 3 is 2.29 bits per heavy atom. The molecule has 3 aromatic carbocycles. The van der Waals surface area contributed by atoms with Crippen molar-refractivity contribution >= 4 is 40.8 Å². The molecule has 4 aromatic rings. The quantitative estimate of drug-likeness (QED) is 0.150. The first-order valence-electron chi connectivity index (χ1n) is 16.0. The zero-order valence-corrected chi connectivity index (χ0v) is 28.5. The van der Waals surface area contributed by atoms with E-state index in [0.29, 0.717) is 50.7 Å². The fraction of sp³-hybridized carbons (Fsp3) is 0.324. The molecule has 3 fully saturated rings. The van der Waals surface area contributed by atoms with Gasteiger partial charge in [-0.3, -0.25) is 9.88 Å². The summed E-state index contributed by atoms with van der Waals surface area (Å²) >= 11 is 12.8. The highest BCUT2D eigenvalue weighted by Gasteiger charge is 2.38. The van der Waals surface area contributed by atoms with Gasteiger partial charge in [-0.15, -0.1) is 0 Å². The van der Waals surface area contributed by atoms with Crippen molar-refractivity contribution in [1.82, 2.24) is 9.88 Å². The third-order valence-electron chi connectivity index (χ3n) is 9.11. The van der Waals surface area contributed by atoms with E-state index in [1.165, 1.54) is 38.7 Å². The number of fused-ring (bicyclic) bond motifs is 3. The summed E-state index contributed by atoms with van der Waals surface area (Å²) in [5, 5.41) is 3.62. The van der Waals surface area contributed by atoms with Crippen LogP contribution >= 0.6 is 23.2 Å². The summed E-state index contributed by atoms with van der Waals surface area (Å²) in [7, 11) is 3.01. The molecular weight excluding hydrogens is 672 g/mol. The third kappa shape index (κ3) is 7.93. The molecule has 256 valence electrons. The van der Waals surface area contributed by atoms with E-state index in [2.05, 4.69) is 15.2 Å². The van der Waals surface area contributed by atoms with E-state index in [0.717, 1.165) is 32.0 Å². The maximum absolute atomic E-state index is 15.7. The standard InChI is InChI=1S/C37H36Cl2FN3O6/c1-46-31-11-9-24(17-33(31)47-2)32(18-26-27(38)19-41-20-28(26)39)48-36(44)25-8-10-30(29(40)16-25)42-35(23-6-4-3-5-7-23)37(45)49-34-21-43-14-12-22(34)13-15-43/h3-11,16-17,19-20,22,32,34-35,42H,12-15,18,21H2,1-2H3/t32-,34-,35?/m0/s1. The van der Waals surface area contributed by atoms with Gasteiger partial charge in [0, 0.05) is 25.4 Å². The fourth-order valence-electron chi connectivity index (χ4n) is 6.40. The Morgan fingerprint density at radius 1 is 0.939 bits per heavy atom. The van der Waals surface area contributed by atoms with Crippen LogP contribution in [0.2, 0.25) is 10.0 Å². The number of esters is 2. The summed E-state index contributed by atoms with van der Waals surface area (Å²) in [5.41, 5.74) is 1.71. The zero-order valence-electron chi connectivity index (χ0n) is 27.0. The number of hydrogen-bond donors (Lipinski definition) is 1. The molecule has 1 unspecified atom stereocenters. The number of benzene rings is 3. The number of anilines is 1. The Labute approximate surface area is 294 Å². The molecular formula is C37H36Cl2FN3O6. The van der Waals surface area contributed by atoms with Gasteiger partial charge in [0.1, 0.15) is 18.0 Å². The first-order chi connectivity index (χ1) is 23.7. The van der Waals surface area contributed by atoms with Crippen LogP contribution in [0.5, 0.6) is 11.5 Å². The van der Waals surface area contributed by atoms with Crippen LogP contribution in [0.3, 0.4) is 0 Å². The van der Waals surface area contributed by atoms with Gasteiger partial charge in [-0.25, -0.2) is 14.0 Å². The monoisotopic (exact) mass is 707 g/mol. The molecule has 0 amide bonds. The van der Waals surface area contributed by atoms with Gasteiger partial charge in [-0.05, 0) is 78.9 Å². The highest BCUT2D eigenvalue weighted by atomic mass is 35.5. The molecule has 3 aliphatic rings. The number of piperidine rings is 3. The van der Waals surface area contributed by atoms with Gasteiger partial charge in [-0.2, -0.15) is 0 Å². The number of nitrogens with zero attached hydrogens (tertiary/aromatic N) is 2. The summed E-state index contributed by atoms with van der Waals surface area (Å²) in [5.74, 6) is -0.779. The largest absolute Gasteiger partial charge is 0.493 e. The second-order valence-electron chi connectivity index (χ2n) is 12.1. The zero-order chi connectivity index (χ0) is 34.5. The fourth-order valence-corrected chi connectivity index (χ4v) is 6.92. The first-order valence-corrected chi connectivity index (χ1v) is 16.7. The predicted molar refractivity (Wildman–Crippen MR) is 184 cm³/mol. The maximum atomic E-state index is 15.7. The number of hydrogen-bond acceptors (Lipinski definition) is 9. The average Bonchev–Trinajstić information content (AvgIpc) is 3.12. The topological polar surface area (TPSA) is 99.2 Å². The molecule has 1 N–H and O–H groups in total. The minimum Gasteiger partial charge on any atom is -0.493 e. The molecule has 1 aromatic heterocycles. The minimum absolute atomic E-state index is 0.0306. The van der Waals surface area contributed by atoms with Crippen LogP contribution in [-0.4, -0.2) is 61.8 Å². The van der Waals surface area contributed by atoms with Crippen molar-refractivity contribution in [3.8, 4) is 11.5 Å². The van der Waals surface area contributed by atoms with E-state index in [1.807, 2.05) is 18.2 Å². The van der Waals surface area contributed by atoms with E-state index in [-0.39, 0.29) is 23.8 Å². The highest BCUT2D eigenvalue weighted by Crippen LogP contribution is 2.36. The molecule has 3 saturated heterocycles. The smallest absolute Gasteiger partial charge is 0.338 e. The van der Waals surface area contributed by atoms with Gasteiger partial charge < -0.3 is 24.3 Å². The molecule has 9 nitrogen and oxygen atoms in total. The lowest BCUT2D eigenvalue weighted by atomic mass is 9.86. The second-order valence-corrected chi connectivity index (χ2v) is 12.9. The number of nitrogens with one attached hydrogen (secondary N) is 1. The number of rotatable bonds is 12. The molecule has 12 heteroatoms. The molecule has 0 spiro atoms.